The molecule has 0 radical (unpaired) electrons. The normalized spacial score (nSPS) is 35.5. The van der Waals surface area contributed by atoms with Crippen LogP contribution in [0.5, 0.6) is 0 Å². The molecule has 0 saturated carbocycles. The fraction of sp³-hybridized carbons (Fsp3) is 0.478. The molecule has 2 aromatic rings. The number of quaternary nitrogens is 1. The molecule has 0 unspecified atom stereocenters. The number of benzene rings is 2. The average Bonchev–Trinajstić information content (AvgIpc) is 2.63. The Morgan fingerprint density at radius 2 is 1.24 bits per heavy atom. The second-order valence-electron chi connectivity index (χ2n) is 7.84. The summed E-state index contributed by atoms with van der Waals surface area (Å²) in [7, 11) is 2.30. The van der Waals surface area contributed by atoms with Gasteiger partial charge in [0.15, 0.2) is 0 Å². The molecule has 1 fully saturated rings. The summed E-state index contributed by atoms with van der Waals surface area (Å²) >= 11 is 0. The molecule has 0 aromatic heterocycles. The molecule has 1 heterocycles. The van der Waals surface area contributed by atoms with Gasteiger partial charge in [-0.05, 0) is 6.42 Å². The average molecular weight is 339 g/mol. The van der Waals surface area contributed by atoms with E-state index in [9.17, 15) is 5.11 Å². The molecule has 134 valence electrons. The first-order valence-corrected chi connectivity index (χ1v) is 9.66. The fourth-order valence-electron chi connectivity index (χ4n) is 5.25. The molecule has 2 heteroatoms. The summed E-state index contributed by atoms with van der Waals surface area (Å²) in [4.78, 5) is 1.48. The van der Waals surface area contributed by atoms with E-state index in [4.69, 9.17) is 0 Å². The molecule has 2 N–H and O–H groups in total. The predicted octanol–water partition coefficient (Wildman–Crippen LogP) is 3.80. The van der Waals surface area contributed by atoms with E-state index in [1.807, 2.05) is 0 Å². The first kappa shape index (κ1) is 18.2. The van der Waals surface area contributed by atoms with Gasteiger partial charge < -0.3 is 10.0 Å². The van der Waals surface area contributed by atoms with Gasteiger partial charge in [0.25, 0.3) is 0 Å². The van der Waals surface area contributed by atoms with Gasteiger partial charge in [-0.3, -0.25) is 0 Å². The van der Waals surface area contributed by atoms with Crippen molar-refractivity contribution in [1.29, 1.82) is 0 Å². The van der Waals surface area contributed by atoms with Crippen molar-refractivity contribution in [3.63, 3.8) is 0 Å². The van der Waals surface area contributed by atoms with Crippen LogP contribution in [0.3, 0.4) is 0 Å². The Morgan fingerprint density at radius 3 is 1.60 bits per heavy atom. The molecule has 4 atom stereocenters. The van der Waals surface area contributed by atoms with E-state index in [-0.39, 0.29) is 11.8 Å². The molecular weight excluding hydrogens is 306 g/mol. The minimum Gasteiger partial charge on any atom is -0.389 e. The summed E-state index contributed by atoms with van der Waals surface area (Å²) in [5, 5.41) is 11.8. The van der Waals surface area contributed by atoms with Gasteiger partial charge in [-0.25, -0.2) is 0 Å². The van der Waals surface area contributed by atoms with Crippen molar-refractivity contribution < 1.29 is 10.0 Å². The number of likely N-dealkylation sites (tertiary alicyclic amines) is 1. The van der Waals surface area contributed by atoms with Crippen molar-refractivity contribution in [1.82, 2.24) is 0 Å². The van der Waals surface area contributed by atoms with Gasteiger partial charge in [0.05, 0.1) is 12.6 Å². The fourth-order valence-corrected chi connectivity index (χ4v) is 5.25. The van der Waals surface area contributed by atoms with Crippen LogP contribution in [0.15, 0.2) is 60.7 Å². The smallest absolute Gasteiger partial charge is 0.119 e. The number of hydrogen-bond acceptors (Lipinski definition) is 1. The monoisotopic (exact) mass is 338 g/mol. The van der Waals surface area contributed by atoms with Crippen LogP contribution in [0.25, 0.3) is 0 Å². The topological polar surface area (TPSA) is 24.7 Å². The van der Waals surface area contributed by atoms with Crippen molar-refractivity contribution in [2.24, 2.45) is 11.8 Å². The Bertz CT molecular complexity index is 616. The Hall–Kier alpha value is -1.64. The van der Waals surface area contributed by atoms with Gasteiger partial charge in [-0.15, -0.1) is 0 Å². The Morgan fingerprint density at radius 1 is 0.840 bits per heavy atom. The van der Waals surface area contributed by atoms with E-state index < -0.39 is 5.60 Å². The molecule has 0 aliphatic carbocycles. The second kappa shape index (κ2) is 7.31. The van der Waals surface area contributed by atoms with Crippen molar-refractivity contribution in [2.75, 3.05) is 7.05 Å². The minimum absolute atomic E-state index is 0.213. The van der Waals surface area contributed by atoms with E-state index in [0.29, 0.717) is 12.1 Å². The third-order valence-electron chi connectivity index (χ3n) is 6.53. The van der Waals surface area contributed by atoms with Crippen LogP contribution in [-0.4, -0.2) is 17.8 Å². The van der Waals surface area contributed by atoms with Gasteiger partial charge in [0.2, 0.25) is 0 Å². The van der Waals surface area contributed by atoms with E-state index >= 15 is 0 Å². The van der Waals surface area contributed by atoms with Gasteiger partial charge in [0, 0.05) is 23.0 Å². The van der Waals surface area contributed by atoms with Crippen molar-refractivity contribution in [3.8, 4) is 0 Å². The quantitative estimate of drug-likeness (QED) is 0.871. The van der Waals surface area contributed by atoms with Gasteiger partial charge >= 0.3 is 0 Å². The molecule has 2 aromatic carbocycles. The first-order valence-electron chi connectivity index (χ1n) is 9.66. The van der Waals surface area contributed by atoms with E-state index in [0.717, 1.165) is 12.8 Å². The molecule has 1 aliphatic heterocycles. The highest BCUT2D eigenvalue weighted by Crippen LogP contribution is 2.45. The van der Waals surface area contributed by atoms with Crippen LogP contribution in [0, 0.1) is 11.8 Å². The van der Waals surface area contributed by atoms with Crippen LogP contribution in [0.4, 0.5) is 0 Å². The largest absolute Gasteiger partial charge is 0.389 e. The van der Waals surface area contributed by atoms with Crippen LogP contribution in [0.1, 0.15) is 56.8 Å². The summed E-state index contributed by atoms with van der Waals surface area (Å²) in [6, 6.07) is 22.1. The summed E-state index contributed by atoms with van der Waals surface area (Å²) in [5.74, 6) is 0.426. The van der Waals surface area contributed by atoms with E-state index in [1.54, 1.807) is 0 Å². The second-order valence-corrected chi connectivity index (χ2v) is 7.84. The predicted molar refractivity (Wildman–Crippen MR) is 103 cm³/mol. The molecule has 1 aliphatic rings. The van der Waals surface area contributed by atoms with Crippen molar-refractivity contribution in [2.45, 2.75) is 51.3 Å². The molecule has 2 nitrogen and oxygen atoms in total. The number of aliphatic hydroxyl groups is 1. The lowest BCUT2D eigenvalue weighted by Gasteiger charge is -2.53. The molecule has 0 spiro atoms. The Labute approximate surface area is 152 Å². The molecule has 25 heavy (non-hydrogen) atoms. The number of piperidine rings is 1. The van der Waals surface area contributed by atoms with Gasteiger partial charge in [-0.1, -0.05) is 87.9 Å². The number of hydrogen-bond donors (Lipinski definition) is 2. The van der Waals surface area contributed by atoms with Crippen molar-refractivity contribution in [3.05, 3.63) is 71.8 Å². The summed E-state index contributed by atoms with van der Waals surface area (Å²) in [6.07, 6.45) is 1.86. The first-order chi connectivity index (χ1) is 12.0. The highest BCUT2D eigenvalue weighted by Gasteiger charge is 2.56. The maximum Gasteiger partial charge on any atom is 0.119 e. The van der Waals surface area contributed by atoms with Gasteiger partial charge in [0.1, 0.15) is 12.1 Å². The maximum absolute atomic E-state index is 11.8. The lowest BCUT2D eigenvalue weighted by molar-refractivity contribution is -0.961. The van der Waals surface area contributed by atoms with E-state index in [1.165, 1.54) is 16.0 Å². The summed E-state index contributed by atoms with van der Waals surface area (Å²) in [6.45, 7) is 6.67. The highest BCUT2D eigenvalue weighted by atomic mass is 16.3. The zero-order chi connectivity index (χ0) is 18.0. The lowest BCUT2D eigenvalue weighted by atomic mass is 9.63. The minimum atomic E-state index is -0.644. The maximum atomic E-state index is 11.8. The third kappa shape index (κ3) is 3.14. The standard InChI is InChI=1S/C23H31NO/c1-5-16-23(25)17(2)21(19-12-8-6-9-13-19)24(4)22(18(23)3)20-14-10-7-11-15-20/h6-15,17-18,21-22,25H,5,16H2,1-4H3/p+1/t17-,18-,21-,22-/m0/s1. The van der Waals surface area contributed by atoms with Crippen molar-refractivity contribution >= 4 is 0 Å². The van der Waals surface area contributed by atoms with Gasteiger partial charge in [-0.2, -0.15) is 0 Å². The Kier molecular flexibility index (Phi) is 5.31. The zero-order valence-corrected chi connectivity index (χ0v) is 15.9. The SMILES string of the molecule is CCCC1(O)[C@@H](C)[C@@H](c2ccccc2)[NH+](C)[C@H](c2ccccc2)[C@@H]1C. The molecular formula is C23H32NO+. The number of rotatable bonds is 4. The highest BCUT2D eigenvalue weighted by molar-refractivity contribution is 5.24. The lowest BCUT2D eigenvalue weighted by Crippen LogP contribution is -3.13. The summed E-state index contributed by atoms with van der Waals surface area (Å²) in [5.41, 5.74) is 2.01. The Balaban J connectivity index is 2.10. The number of nitrogens with one attached hydrogen (secondary N) is 1. The third-order valence-corrected chi connectivity index (χ3v) is 6.53. The van der Waals surface area contributed by atoms with E-state index in [2.05, 4.69) is 88.5 Å². The zero-order valence-electron chi connectivity index (χ0n) is 15.9. The van der Waals surface area contributed by atoms with Crippen LogP contribution < -0.4 is 4.90 Å². The molecule has 0 amide bonds. The summed E-state index contributed by atoms with van der Waals surface area (Å²) < 4.78 is 0. The van der Waals surface area contributed by atoms with Crippen LogP contribution in [0.2, 0.25) is 0 Å². The van der Waals surface area contributed by atoms with Crippen LogP contribution >= 0.6 is 0 Å². The van der Waals surface area contributed by atoms with Crippen LogP contribution in [-0.2, 0) is 0 Å². The molecule has 1 saturated heterocycles. The molecule has 0 bridgehead atoms. The molecule has 3 rings (SSSR count).